The summed E-state index contributed by atoms with van der Waals surface area (Å²) < 4.78 is 5.52. The molecule has 0 spiro atoms. The van der Waals surface area contributed by atoms with Gasteiger partial charge < -0.3 is 10.1 Å². The SMILES string of the molecule is O=C(Oc1ccccc1N[C@H]1CC(=O)N(Cc2ccccc2)C1=O)c1ccccc1. The first-order valence-electron chi connectivity index (χ1n) is 9.63. The summed E-state index contributed by atoms with van der Waals surface area (Å²) in [6.07, 6.45) is 0.0482. The number of ether oxygens (including phenoxy) is 1. The molecule has 1 N–H and O–H groups in total. The van der Waals surface area contributed by atoms with Gasteiger partial charge in [-0.15, -0.1) is 0 Å². The molecule has 4 rings (SSSR count). The molecular formula is C24H20N2O4. The van der Waals surface area contributed by atoms with Gasteiger partial charge in [0, 0.05) is 0 Å². The van der Waals surface area contributed by atoms with Crippen molar-refractivity contribution in [2.24, 2.45) is 0 Å². The van der Waals surface area contributed by atoms with Crippen molar-refractivity contribution in [2.75, 3.05) is 5.32 Å². The quantitative estimate of drug-likeness (QED) is 0.388. The maximum absolute atomic E-state index is 12.8. The number of likely N-dealkylation sites (tertiary alicyclic amines) is 1. The van der Waals surface area contributed by atoms with E-state index in [2.05, 4.69) is 5.32 Å². The van der Waals surface area contributed by atoms with Gasteiger partial charge in [-0.25, -0.2) is 4.79 Å². The molecule has 1 fully saturated rings. The highest BCUT2D eigenvalue weighted by Crippen LogP contribution is 2.28. The van der Waals surface area contributed by atoms with Crippen LogP contribution in [0.1, 0.15) is 22.3 Å². The van der Waals surface area contributed by atoms with Gasteiger partial charge >= 0.3 is 5.97 Å². The lowest BCUT2D eigenvalue weighted by atomic mass is 10.2. The average Bonchev–Trinajstić information content (AvgIpc) is 3.04. The normalized spacial score (nSPS) is 15.9. The number of imide groups is 1. The Bertz CT molecular complexity index is 1070. The predicted molar refractivity (Wildman–Crippen MR) is 112 cm³/mol. The fraction of sp³-hybridized carbons (Fsp3) is 0.125. The molecule has 1 aliphatic rings. The van der Waals surface area contributed by atoms with Crippen molar-refractivity contribution < 1.29 is 19.1 Å². The third-order valence-corrected chi connectivity index (χ3v) is 4.86. The number of carbonyl (C=O) groups excluding carboxylic acids is 3. The van der Waals surface area contributed by atoms with Crippen LogP contribution in [0.25, 0.3) is 0 Å². The number of amides is 2. The van der Waals surface area contributed by atoms with Crippen LogP contribution in [0.4, 0.5) is 5.69 Å². The molecule has 6 heteroatoms. The van der Waals surface area contributed by atoms with Gasteiger partial charge in [0.25, 0.3) is 5.91 Å². The van der Waals surface area contributed by atoms with E-state index >= 15 is 0 Å². The molecule has 0 unspecified atom stereocenters. The number of hydrogen-bond donors (Lipinski definition) is 1. The van der Waals surface area contributed by atoms with Crippen molar-refractivity contribution >= 4 is 23.5 Å². The summed E-state index contributed by atoms with van der Waals surface area (Å²) in [4.78, 5) is 38.9. The summed E-state index contributed by atoms with van der Waals surface area (Å²) in [6, 6.07) is 24.2. The van der Waals surface area contributed by atoms with E-state index in [1.165, 1.54) is 4.90 Å². The fourth-order valence-electron chi connectivity index (χ4n) is 3.32. The van der Waals surface area contributed by atoms with E-state index < -0.39 is 12.0 Å². The lowest BCUT2D eigenvalue weighted by Gasteiger charge is -2.17. The number of benzene rings is 3. The van der Waals surface area contributed by atoms with Gasteiger partial charge in [0.2, 0.25) is 5.91 Å². The largest absolute Gasteiger partial charge is 0.421 e. The predicted octanol–water partition coefficient (Wildman–Crippen LogP) is 3.65. The highest BCUT2D eigenvalue weighted by atomic mass is 16.5. The average molecular weight is 400 g/mol. The van der Waals surface area contributed by atoms with Crippen LogP contribution in [0.15, 0.2) is 84.9 Å². The van der Waals surface area contributed by atoms with Crippen LogP contribution in [0.2, 0.25) is 0 Å². The summed E-state index contributed by atoms with van der Waals surface area (Å²) in [5.41, 5.74) is 1.79. The minimum absolute atomic E-state index is 0.0482. The Morgan fingerprint density at radius 2 is 1.53 bits per heavy atom. The van der Waals surface area contributed by atoms with Crippen molar-refractivity contribution in [2.45, 2.75) is 19.0 Å². The zero-order chi connectivity index (χ0) is 20.9. The number of carbonyl (C=O) groups is 3. The monoisotopic (exact) mass is 400 g/mol. The van der Waals surface area contributed by atoms with Crippen LogP contribution in [0.5, 0.6) is 5.75 Å². The summed E-state index contributed by atoms with van der Waals surface area (Å²) in [5, 5.41) is 3.07. The van der Waals surface area contributed by atoms with Gasteiger partial charge in [-0.2, -0.15) is 0 Å². The van der Waals surface area contributed by atoms with E-state index in [9.17, 15) is 14.4 Å². The first-order valence-corrected chi connectivity index (χ1v) is 9.63. The van der Waals surface area contributed by atoms with E-state index in [4.69, 9.17) is 4.74 Å². The Morgan fingerprint density at radius 1 is 0.900 bits per heavy atom. The molecule has 1 heterocycles. The van der Waals surface area contributed by atoms with Crippen molar-refractivity contribution in [3.8, 4) is 5.75 Å². The van der Waals surface area contributed by atoms with Gasteiger partial charge in [0.05, 0.1) is 24.2 Å². The lowest BCUT2D eigenvalue weighted by Crippen LogP contribution is -2.34. The minimum Gasteiger partial charge on any atom is -0.421 e. The van der Waals surface area contributed by atoms with Crippen LogP contribution in [-0.4, -0.2) is 28.7 Å². The second-order valence-electron chi connectivity index (χ2n) is 6.96. The topological polar surface area (TPSA) is 75.7 Å². The third-order valence-electron chi connectivity index (χ3n) is 4.86. The molecule has 0 aliphatic carbocycles. The Kier molecular flexibility index (Phi) is 5.57. The standard InChI is InChI=1S/C24H20N2O4/c27-22-15-20(23(28)26(22)16-17-9-3-1-4-10-17)25-19-13-7-8-14-21(19)30-24(29)18-11-5-2-6-12-18/h1-14,20,25H,15-16H2/t20-/m0/s1. The Morgan fingerprint density at radius 3 is 2.27 bits per heavy atom. The number of rotatable bonds is 6. The third kappa shape index (κ3) is 4.22. The Hall–Kier alpha value is -3.93. The summed E-state index contributed by atoms with van der Waals surface area (Å²) in [6.45, 7) is 0.237. The van der Waals surface area contributed by atoms with Crippen LogP contribution in [-0.2, 0) is 16.1 Å². The van der Waals surface area contributed by atoms with E-state index in [1.807, 2.05) is 36.4 Å². The van der Waals surface area contributed by atoms with Gasteiger partial charge in [-0.1, -0.05) is 60.7 Å². The van der Waals surface area contributed by atoms with Crippen molar-refractivity contribution in [3.63, 3.8) is 0 Å². The second-order valence-corrected chi connectivity index (χ2v) is 6.96. The molecule has 3 aromatic carbocycles. The Balaban J connectivity index is 1.48. The van der Waals surface area contributed by atoms with E-state index in [1.54, 1.807) is 48.5 Å². The van der Waals surface area contributed by atoms with Gasteiger partial charge in [0.15, 0.2) is 5.75 Å². The van der Waals surface area contributed by atoms with Crippen LogP contribution in [0.3, 0.4) is 0 Å². The molecule has 0 radical (unpaired) electrons. The number of esters is 1. The molecule has 0 aromatic heterocycles. The van der Waals surface area contributed by atoms with Gasteiger partial charge in [0.1, 0.15) is 6.04 Å². The summed E-state index contributed by atoms with van der Waals surface area (Å²) in [5.74, 6) is -0.731. The molecule has 0 bridgehead atoms. The molecule has 6 nitrogen and oxygen atoms in total. The zero-order valence-electron chi connectivity index (χ0n) is 16.2. The summed E-state index contributed by atoms with van der Waals surface area (Å²) >= 11 is 0. The highest BCUT2D eigenvalue weighted by molar-refractivity contribution is 6.07. The van der Waals surface area contributed by atoms with Crippen molar-refractivity contribution in [1.29, 1.82) is 0 Å². The van der Waals surface area contributed by atoms with Crippen molar-refractivity contribution in [1.82, 2.24) is 4.90 Å². The molecule has 0 saturated carbocycles. The van der Waals surface area contributed by atoms with Crippen LogP contribution in [0, 0.1) is 0 Å². The van der Waals surface area contributed by atoms with Gasteiger partial charge in [-0.05, 0) is 29.8 Å². The van der Waals surface area contributed by atoms with E-state index in [0.29, 0.717) is 17.0 Å². The van der Waals surface area contributed by atoms with Gasteiger partial charge in [-0.3, -0.25) is 14.5 Å². The van der Waals surface area contributed by atoms with Crippen molar-refractivity contribution in [3.05, 3.63) is 96.1 Å². The lowest BCUT2D eigenvalue weighted by molar-refractivity contribution is -0.139. The first-order chi connectivity index (χ1) is 14.6. The first kappa shape index (κ1) is 19.4. The molecule has 2 amide bonds. The van der Waals surface area contributed by atoms with Crippen LogP contribution >= 0.6 is 0 Å². The maximum atomic E-state index is 12.8. The van der Waals surface area contributed by atoms with E-state index in [-0.39, 0.29) is 24.8 Å². The summed E-state index contributed by atoms with van der Waals surface area (Å²) in [7, 11) is 0. The Labute approximate surface area is 174 Å². The number of hydrogen-bond acceptors (Lipinski definition) is 5. The number of anilines is 1. The molecule has 150 valence electrons. The molecule has 1 aliphatic heterocycles. The molecule has 30 heavy (non-hydrogen) atoms. The van der Waals surface area contributed by atoms with E-state index in [0.717, 1.165) is 5.56 Å². The maximum Gasteiger partial charge on any atom is 0.343 e. The molecule has 3 aromatic rings. The fourth-order valence-corrected chi connectivity index (χ4v) is 3.32. The number of nitrogens with one attached hydrogen (secondary N) is 1. The minimum atomic E-state index is -0.710. The molecule has 1 atom stereocenters. The molecule has 1 saturated heterocycles. The van der Waals surface area contributed by atoms with Crippen LogP contribution < -0.4 is 10.1 Å². The second kappa shape index (κ2) is 8.61. The molecular weight excluding hydrogens is 380 g/mol. The number of nitrogens with zero attached hydrogens (tertiary/aromatic N) is 1. The highest BCUT2D eigenvalue weighted by Gasteiger charge is 2.38. The smallest absolute Gasteiger partial charge is 0.343 e. The zero-order valence-corrected chi connectivity index (χ0v) is 16.2. The number of para-hydroxylation sites is 2.